The summed E-state index contributed by atoms with van der Waals surface area (Å²) in [7, 11) is -1.91. The lowest BCUT2D eigenvalue weighted by Gasteiger charge is -2.06. The Morgan fingerprint density at radius 3 is 2.61 bits per heavy atom. The third-order valence-electron chi connectivity index (χ3n) is 3.99. The lowest BCUT2D eigenvalue weighted by molar-refractivity contribution is -0.121. The summed E-state index contributed by atoms with van der Waals surface area (Å²) < 4.78 is 30.5. The number of rotatable bonds is 9. The Balaban J connectivity index is 1.44. The van der Waals surface area contributed by atoms with E-state index in [9.17, 15) is 13.2 Å². The van der Waals surface area contributed by atoms with Gasteiger partial charge in [-0.2, -0.15) is 16.3 Å². The molecule has 10 heteroatoms. The van der Waals surface area contributed by atoms with Gasteiger partial charge in [0, 0.05) is 30.3 Å². The van der Waals surface area contributed by atoms with Crippen molar-refractivity contribution in [2.75, 3.05) is 7.05 Å². The number of aryl methyl sites for hydroxylation is 1. The van der Waals surface area contributed by atoms with E-state index in [0.29, 0.717) is 30.2 Å². The van der Waals surface area contributed by atoms with Crippen molar-refractivity contribution in [1.82, 2.24) is 20.2 Å². The minimum Gasteiger partial charge on any atom is -0.352 e. The summed E-state index contributed by atoms with van der Waals surface area (Å²) >= 11 is 1.55. The third-order valence-corrected chi connectivity index (χ3v) is 6.01. The number of hydrogen-bond acceptors (Lipinski definition) is 7. The van der Waals surface area contributed by atoms with E-state index < -0.39 is 10.0 Å². The summed E-state index contributed by atoms with van der Waals surface area (Å²) in [5, 5.41) is 10.6. The largest absolute Gasteiger partial charge is 0.352 e. The molecular formula is C18H20N4O4S2. The normalized spacial score (nSPS) is 11.5. The molecule has 0 bridgehead atoms. The van der Waals surface area contributed by atoms with Crippen LogP contribution in [0.2, 0.25) is 0 Å². The molecule has 8 nitrogen and oxygen atoms in total. The first-order chi connectivity index (χ1) is 13.4. The highest BCUT2D eigenvalue weighted by Gasteiger charge is 2.11. The van der Waals surface area contributed by atoms with Gasteiger partial charge in [0.1, 0.15) is 0 Å². The number of hydrogen-bond donors (Lipinski definition) is 2. The van der Waals surface area contributed by atoms with Crippen LogP contribution in [0.15, 0.2) is 45.6 Å². The van der Waals surface area contributed by atoms with Gasteiger partial charge < -0.3 is 9.84 Å². The van der Waals surface area contributed by atoms with E-state index in [1.54, 1.807) is 35.6 Å². The highest BCUT2D eigenvalue weighted by molar-refractivity contribution is 7.88. The van der Waals surface area contributed by atoms with E-state index in [0.717, 1.165) is 11.1 Å². The quantitative estimate of drug-likeness (QED) is 0.548. The SMILES string of the molecule is CNS(=O)(=O)Cc1ccc(CNC(=O)CCc2nc(-c3ccsc3)no2)cc1. The van der Waals surface area contributed by atoms with Crippen LogP contribution in [0.4, 0.5) is 0 Å². The van der Waals surface area contributed by atoms with Gasteiger partial charge in [-0.25, -0.2) is 13.1 Å². The Morgan fingerprint density at radius 2 is 1.93 bits per heavy atom. The van der Waals surface area contributed by atoms with Gasteiger partial charge in [0.25, 0.3) is 0 Å². The number of aromatic nitrogens is 2. The molecule has 148 valence electrons. The molecule has 0 aliphatic carbocycles. The Morgan fingerprint density at radius 1 is 1.18 bits per heavy atom. The van der Waals surface area contributed by atoms with E-state index >= 15 is 0 Å². The highest BCUT2D eigenvalue weighted by Crippen LogP contribution is 2.19. The molecule has 0 saturated heterocycles. The number of thiophene rings is 1. The predicted octanol–water partition coefficient (Wildman–Crippen LogP) is 2.10. The van der Waals surface area contributed by atoms with Crippen LogP contribution in [-0.4, -0.2) is 31.5 Å². The van der Waals surface area contributed by atoms with Crippen LogP contribution in [0.3, 0.4) is 0 Å². The number of nitrogens with zero attached hydrogens (tertiary/aromatic N) is 2. The Hall–Kier alpha value is -2.56. The van der Waals surface area contributed by atoms with Gasteiger partial charge in [-0.3, -0.25) is 4.79 Å². The van der Waals surface area contributed by atoms with E-state index in [4.69, 9.17) is 4.52 Å². The fourth-order valence-electron chi connectivity index (χ4n) is 2.42. The van der Waals surface area contributed by atoms with Crippen LogP contribution in [0.5, 0.6) is 0 Å². The number of nitrogens with one attached hydrogen (secondary N) is 2. The third kappa shape index (κ3) is 5.72. The van der Waals surface area contributed by atoms with Crippen LogP contribution >= 0.6 is 11.3 Å². The first kappa shape index (κ1) is 20.2. The van der Waals surface area contributed by atoms with Crippen molar-refractivity contribution in [3.63, 3.8) is 0 Å². The first-order valence-corrected chi connectivity index (χ1v) is 11.2. The maximum absolute atomic E-state index is 12.0. The second kappa shape index (κ2) is 9.09. The molecule has 0 spiro atoms. The van der Waals surface area contributed by atoms with Crippen LogP contribution < -0.4 is 10.0 Å². The summed E-state index contributed by atoms with van der Waals surface area (Å²) in [4.78, 5) is 16.3. The minimum absolute atomic E-state index is 0.0757. The van der Waals surface area contributed by atoms with Gasteiger partial charge >= 0.3 is 0 Å². The van der Waals surface area contributed by atoms with Crippen molar-refractivity contribution in [1.29, 1.82) is 0 Å². The van der Waals surface area contributed by atoms with Gasteiger partial charge in [-0.1, -0.05) is 29.4 Å². The van der Waals surface area contributed by atoms with Gasteiger partial charge in [-0.05, 0) is 29.6 Å². The minimum atomic E-state index is -3.30. The Bertz CT molecular complexity index is 1010. The fourth-order valence-corrected chi connectivity index (χ4v) is 3.83. The topological polar surface area (TPSA) is 114 Å². The van der Waals surface area contributed by atoms with E-state index in [1.807, 2.05) is 16.8 Å². The lowest BCUT2D eigenvalue weighted by Crippen LogP contribution is -2.23. The molecule has 0 saturated carbocycles. The molecule has 2 N–H and O–H groups in total. The molecule has 28 heavy (non-hydrogen) atoms. The molecule has 2 heterocycles. The second-order valence-corrected chi connectivity index (χ2v) is 8.79. The number of sulfonamides is 1. The van der Waals surface area contributed by atoms with Crippen molar-refractivity contribution in [2.45, 2.75) is 25.1 Å². The van der Waals surface area contributed by atoms with Crippen molar-refractivity contribution in [2.24, 2.45) is 0 Å². The molecule has 0 unspecified atom stereocenters. The molecule has 0 aliphatic heterocycles. The Kier molecular flexibility index (Phi) is 6.55. The summed E-state index contributed by atoms with van der Waals surface area (Å²) in [6.07, 6.45) is 0.605. The summed E-state index contributed by atoms with van der Waals surface area (Å²) in [5.41, 5.74) is 2.47. The summed E-state index contributed by atoms with van der Waals surface area (Å²) in [5.74, 6) is 0.744. The Labute approximate surface area is 167 Å². The number of carbonyl (C=O) groups excluding carboxylic acids is 1. The molecule has 2 aromatic heterocycles. The predicted molar refractivity (Wildman–Crippen MR) is 106 cm³/mol. The highest BCUT2D eigenvalue weighted by atomic mass is 32.2. The molecule has 0 radical (unpaired) electrons. The maximum atomic E-state index is 12.0. The van der Waals surface area contributed by atoms with E-state index in [-0.39, 0.29) is 18.1 Å². The molecule has 0 aliphatic rings. The van der Waals surface area contributed by atoms with E-state index in [1.165, 1.54) is 7.05 Å². The standard InChI is InChI=1S/C18H20N4O4S2/c1-19-28(24,25)12-14-4-2-13(3-5-14)10-20-16(23)6-7-17-21-18(22-26-17)15-8-9-27-11-15/h2-5,8-9,11,19H,6-7,10,12H2,1H3,(H,20,23). The smallest absolute Gasteiger partial charge is 0.227 e. The van der Waals surface area contributed by atoms with Crippen molar-refractivity contribution in [3.8, 4) is 11.4 Å². The second-order valence-electron chi connectivity index (χ2n) is 6.08. The molecule has 0 fully saturated rings. The summed E-state index contributed by atoms with van der Waals surface area (Å²) in [6.45, 7) is 0.363. The molecule has 1 aromatic carbocycles. The number of amides is 1. The zero-order valence-electron chi connectivity index (χ0n) is 15.2. The zero-order chi connectivity index (χ0) is 20.0. The van der Waals surface area contributed by atoms with Gasteiger partial charge in [0.15, 0.2) is 0 Å². The lowest BCUT2D eigenvalue weighted by atomic mass is 10.1. The summed E-state index contributed by atoms with van der Waals surface area (Å²) in [6, 6.07) is 8.98. The molecule has 3 aromatic rings. The van der Waals surface area contributed by atoms with Crippen LogP contribution in [0.25, 0.3) is 11.4 Å². The van der Waals surface area contributed by atoms with E-state index in [2.05, 4.69) is 20.2 Å². The van der Waals surface area contributed by atoms with Crippen LogP contribution in [0.1, 0.15) is 23.4 Å². The maximum Gasteiger partial charge on any atom is 0.227 e. The molecule has 0 atom stereocenters. The molecular weight excluding hydrogens is 400 g/mol. The number of carbonyl (C=O) groups is 1. The van der Waals surface area contributed by atoms with Crippen molar-refractivity contribution in [3.05, 3.63) is 58.1 Å². The first-order valence-electron chi connectivity index (χ1n) is 8.56. The average molecular weight is 421 g/mol. The van der Waals surface area contributed by atoms with Gasteiger partial charge in [-0.15, -0.1) is 0 Å². The van der Waals surface area contributed by atoms with Gasteiger partial charge in [0.05, 0.1) is 5.75 Å². The van der Waals surface area contributed by atoms with Crippen LogP contribution in [-0.2, 0) is 33.5 Å². The zero-order valence-corrected chi connectivity index (χ0v) is 16.8. The van der Waals surface area contributed by atoms with Crippen molar-refractivity contribution >= 4 is 27.3 Å². The fraction of sp³-hybridized carbons (Fsp3) is 0.278. The number of benzene rings is 1. The van der Waals surface area contributed by atoms with Crippen molar-refractivity contribution < 1.29 is 17.7 Å². The monoisotopic (exact) mass is 420 g/mol. The van der Waals surface area contributed by atoms with Gasteiger partial charge in [0.2, 0.25) is 27.6 Å². The molecule has 3 rings (SSSR count). The average Bonchev–Trinajstić information content (AvgIpc) is 3.37. The van der Waals surface area contributed by atoms with Crippen LogP contribution in [0, 0.1) is 0 Å². The molecule has 1 amide bonds.